The quantitative estimate of drug-likeness (QED) is 0.201. The molecule has 0 spiro atoms. The number of hydrogen-bond acceptors (Lipinski definition) is 7. The lowest BCUT2D eigenvalue weighted by Gasteiger charge is -2.23. The fraction of sp³-hybridized carbons (Fsp3) is 0.222. The molecule has 1 unspecified atom stereocenters. The van der Waals surface area contributed by atoms with Crippen molar-refractivity contribution in [2.24, 2.45) is 0 Å². The highest BCUT2D eigenvalue weighted by molar-refractivity contribution is 8.26. The summed E-state index contributed by atoms with van der Waals surface area (Å²) in [6, 6.07) is 13.3. The first-order valence-corrected chi connectivity index (χ1v) is 13.2. The van der Waals surface area contributed by atoms with E-state index in [1.807, 2.05) is 67.1 Å². The fourth-order valence-corrected chi connectivity index (χ4v) is 5.69. The SMILES string of the molecule is Cc1cccn2c(=O)c(C=C3SC(=S)N(C(C)c4ccccc4)C3=O)c(NCCCn3ccnc3)nc12. The molecule has 3 aromatic heterocycles. The lowest BCUT2D eigenvalue weighted by Crippen LogP contribution is -2.31. The summed E-state index contributed by atoms with van der Waals surface area (Å²) >= 11 is 6.78. The molecule has 10 heteroatoms. The third kappa shape index (κ3) is 5.07. The van der Waals surface area contributed by atoms with Crippen LogP contribution in [0.15, 0.2) is 77.1 Å². The summed E-state index contributed by atoms with van der Waals surface area (Å²) in [4.78, 5) is 37.9. The van der Waals surface area contributed by atoms with Gasteiger partial charge in [-0.3, -0.25) is 18.9 Å². The third-order valence-electron chi connectivity index (χ3n) is 6.30. The summed E-state index contributed by atoms with van der Waals surface area (Å²) in [5, 5.41) is 3.33. The van der Waals surface area contributed by atoms with Crippen LogP contribution < -0.4 is 10.9 Å². The van der Waals surface area contributed by atoms with Gasteiger partial charge in [0, 0.05) is 31.7 Å². The molecule has 37 heavy (non-hydrogen) atoms. The van der Waals surface area contributed by atoms with Crippen molar-refractivity contribution in [2.45, 2.75) is 32.9 Å². The van der Waals surface area contributed by atoms with Crippen LogP contribution in [0.4, 0.5) is 5.82 Å². The number of aromatic nitrogens is 4. The summed E-state index contributed by atoms with van der Waals surface area (Å²) in [6.07, 6.45) is 9.55. The van der Waals surface area contributed by atoms with Gasteiger partial charge < -0.3 is 9.88 Å². The van der Waals surface area contributed by atoms with E-state index in [0.29, 0.717) is 32.8 Å². The number of benzene rings is 1. The first-order valence-electron chi connectivity index (χ1n) is 12.0. The number of pyridine rings is 1. The van der Waals surface area contributed by atoms with Crippen molar-refractivity contribution < 1.29 is 4.79 Å². The maximum Gasteiger partial charge on any atom is 0.267 e. The minimum Gasteiger partial charge on any atom is -0.369 e. The number of rotatable bonds is 8. The monoisotopic (exact) mass is 530 g/mol. The van der Waals surface area contributed by atoms with E-state index in [0.717, 1.165) is 24.1 Å². The Balaban J connectivity index is 1.48. The number of thiocarbonyl (C=S) groups is 1. The fourth-order valence-electron chi connectivity index (χ4n) is 4.29. The van der Waals surface area contributed by atoms with Gasteiger partial charge in [0.1, 0.15) is 15.8 Å². The van der Waals surface area contributed by atoms with Crippen molar-refractivity contribution >= 4 is 51.7 Å². The molecule has 1 aliphatic rings. The first kappa shape index (κ1) is 24.9. The summed E-state index contributed by atoms with van der Waals surface area (Å²) in [5.41, 5.74) is 2.54. The molecule has 0 bridgehead atoms. The Bertz CT molecular complexity index is 1550. The van der Waals surface area contributed by atoms with Crippen molar-refractivity contribution in [1.82, 2.24) is 23.8 Å². The van der Waals surface area contributed by atoms with E-state index in [4.69, 9.17) is 17.2 Å². The number of fused-ring (bicyclic) bond motifs is 1. The van der Waals surface area contributed by atoms with Crippen LogP contribution in [0.1, 0.15) is 36.1 Å². The lowest BCUT2D eigenvalue weighted by molar-refractivity contribution is -0.123. The molecule has 1 amide bonds. The zero-order chi connectivity index (χ0) is 25.9. The molecule has 0 aliphatic carbocycles. The summed E-state index contributed by atoms with van der Waals surface area (Å²) in [6.45, 7) is 5.25. The highest BCUT2D eigenvalue weighted by Gasteiger charge is 2.36. The maximum atomic E-state index is 13.6. The molecule has 1 aliphatic heterocycles. The number of amides is 1. The Hall–Kier alpha value is -3.76. The van der Waals surface area contributed by atoms with Crippen molar-refractivity contribution in [1.29, 1.82) is 0 Å². The Morgan fingerprint density at radius 3 is 2.70 bits per heavy atom. The topological polar surface area (TPSA) is 84.5 Å². The minimum absolute atomic E-state index is 0.217. The largest absolute Gasteiger partial charge is 0.369 e. The zero-order valence-electron chi connectivity index (χ0n) is 20.5. The molecule has 0 radical (unpaired) electrons. The molecule has 1 atom stereocenters. The van der Waals surface area contributed by atoms with Crippen LogP contribution in [-0.4, -0.2) is 40.6 Å². The Labute approximate surface area is 224 Å². The maximum absolute atomic E-state index is 13.6. The van der Waals surface area contributed by atoms with Gasteiger partial charge in [0.15, 0.2) is 0 Å². The van der Waals surface area contributed by atoms with Crippen LogP contribution >= 0.6 is 24.0 Å². The smallest absolute Gasteiger partial charge is 0.267 e. The average Bonchev–Trinajstić information content (AvgIpc) is 3.52. The standard InChI is InChI=1S/C27H26N6O2S2/c1-18-8-6-14-32-24(18)30-23(29-11-7-13-31-15-12-28-17-31)21(25(32)34)16-22-26(35)33(27(36)37-22)19(2)20-9-4-3-5-10-20/h3-6,8-10,12,14-17,19,29H,7,11,13H2,1-2H3. The predicted octanol–water partition coefficient (Wildman–Crippen LogP) is 4.66. The number of nitrogens with one attached hydrogen (secondary N) is 1. The summed E-state index contributed by atoms with van der Waals surface area (Å²) in [5.74, 6) is 0.234. The van der Waals surface area contributed by atoms with Crippen LogP contribution in [0.3, 0.4) is 0 Å². The average molecular weight is 531 g/mol. The molecule has 1 fully saturated rings. The Morgan fingerprint density at radius 2 is 1.95 bits per heavy atom. The molecule has 4 heterocycles. The minimum atomic E-state index is -0.243. The van der Waals surface area contributed by atoms with Crippen molar-refractivity contribution in [3.8, 4) is 0 Å². The normalized spacial score (nSPS) is 15.6. The predicted molar refractivity (Wildman–Crippen MR) is 151 cm³/mol. The van der Waals surface area contributed by atoms with Gasteiger partial charge in [-0.25, -0.2) is 9.97 Å². The zero-order valence-corrected chi connectivity index (χ0v) is 22.1. The molecule has 0 saturated carbocycles. The highest BCUT2D eigenvalue weighted by Crippen LogP contribution is 2.38. The molecule has 1 N–H and O–H groups in total. The van der Waals surface area contributed by atoms with Crippen LogP contribution in [0.2, 0.25) is 0 Å². The number of imidazole rings is 1. The molecule has 8 nitrogen and oxygen atoms in total. The Kier molecular flexibility index (Phi) is 7.20. The van der Waals surface area contributed by atoms with Crippen LogP contribution in [-0.2, 0) is 11.3 Å². The van der Waals surface area contributed by atoms with Gasteiger partial charge >= 0.3 is 0 Å². The lowest BCUT2D eigenvalue weighted by atomic mass is 10.1. The highest BCUT2D eigenvalue weighted by atomic mass is 32.2. The van der Waals surface area contributed by atoms with Gasteiger partial charge in [0.25, 0.3) is 11.5 Å². The Morgan fingerprint density at radius 1 is 1.14 bits per heavy atom. The van der Waals surface area contributed by atoms with E-state index in [1.54, 1.807) is 29.7 Å². The molecule has 4 aromatic rings. The van der Waals surface area contributed by atoms with Gasteiger partial charge in [-0.1, -0.05) is 60.4 Å². The number of carbonyl (C=O) groups is 1. The van der Waals surface area contributed by atoms with Gasteiger partial charge in [-0.05, 0) is 43.5 Å². The number of hydrogen-bond donors (Lipinski definition) is 1. The van der Waals surface area contributed by atoms with Crippen molar-refractivity contribution in [3.63, 3.8) is 0 Å². The molecule has 5 rings (SSSR count). The van der Waals surface area contributed by atoms with E-state index < -0.39 is 0 Å². The number of anilines is 1. The molecule has 1 saturated heterocycles. The van der Waals surface area contributed by atoms with Gasteiger partial charge in [0.05, 0.1) is 22.8 Å². The first-order chi connectivity index (χ1) is 17.9. The van der Waals surface area contributed by atoms with Crippen LogP contribution in [0, 0.1) is 6.92 Å². The second kappa shape index (κ2) is 10.7. The van der Waals surface area contributed by atoms with Gasteiger partial charge in [0.2, 0.25) is 0 Å². The number of thioether (sulfide) groups is 1. The van der Waals surface area contributed by atoms with E-state index in [-0.39, 0.29) is 17.5 Å². The van der Waals surface area contributed by atoms with E-state index >= 15 is 0 Å². The van der Waals surface area contributed by atoms with Crippen LogP contribution in [0.25, 0.3) is 11.7 Å². The van der Waals surface area contributed by atoms with Crippen molar-refractivity contribution in [3.05, 3.63) is 99.3 Å². The molecule has 1 aromatic carbocycles. The molecule has 188 valence electrons. The second-order valence-electron chi connectivity index (χ2n) is 8.78. The molecular formula is C27H26N6O2S2. The summed E-state index contributed by atoms with van der Waals surface area (Å²) < 4.78 is 3.98. The molecular weight excluding hydrogens is 504 g/mol. The summed E-state index contributed by atoms with van der Waals surface area (Å²) in [7, 11) is 0. The van der Waals surface area contributed by atoms with Crippen molar-refractivity contribution in [2.75, 3.05) is 11.9 Å². The van der Waals surface area contributed by atoms with Crippen LogP contribution in [0.5, 0.6) is 0 Å². The van der Waals surface area contributed by atoms with Gasteiger partial charge in [-0.15, -0.1) is 0 Å². The number of carbonyl (C=O) groups excluding carboxylic acids is 1. The van der Waals surface area contributed by atoms with E-state index in [1.165, 1.54) is 16.2 Å². The number of nitrogens with zero attached hydrogens (tertiary/aromatic N) is 5. The third-order valence-corrected chi connectivity index (χ3v) is 7.63. The second-order valence-corrected chi connectivity index (χ2v) is 10.5. The van der Waals surface area contributed by atoms with E-state index in [9.17, 15) is 9.59 Å². The van der Waals surface area contributed by atoms with E-state index in [2.05, 4.69) is 10.3 Å². The number of aryl methyl sites for hydroxylation is 2. The van der Waals surface area contributed by atoms with Gasteiger partial charge in [-0.2, -0.15) is 0 Å².